The molecule has 0 spiro atoms. The Hall–Kier alpha value is -1.93. The van der Waals surface area contributed by atoms with Crippen LogP contribution in [0.2, 0.25) is 0 Å². The van der Waals surface area contributed by atoms with E-state index in [-0.39, 0.29) is 5.41 Å². The first-order valence-electron chi connectivity index (χ1n) is 7.53. The molecule has 0 bridgehead atoms. The van der Waals surface area contributed by atoms with Crippen LogP contribution in [0.25, 0.3) is 21.7 Å². The molecule has 0 fully saturated rings. The number of hydrogen-bond acceptors (Lipinski definition) is 2. The Morgan fingerprint density at radius 3 is 2.76 bits per heavy atom. The number of aliphatic hydroxyl groups excluding tert-OH is 1. The molecule has 4 rings (SSSR count). The van der Waals surface area contributed by atoms with Gasteiger partial charge in [-0.05, 0) is 41.2 Å². The van der Waals surface area contributed by atoms with Gasteiger partial charge in [0, 0.05) is 16.6 Å². The van der Waals surface area contributed by atoms with Gasteiger partial charge in [0.15, 0.2) is 0 Å². The van der Waals surface area contributed by atoms with E-state index in [4.69, 9.17) is 4.98 Å². The quantitative estimate of drug-likeness (QED) is 0.618. The van der Waals surface area contributed by atoms with Gasteiger partial charge in [0.2, 0.25) is 0 Å². The van der Waals surface area contributed by atoms with Gasteiger partial charge >= 0.3 is 0 Å². The minimum atomic E-state index is -0.403. The average Bonchev–Trinajstić information content (AvgIpc) is 2.44. The van der Waals surface area contributed by atoms with E-state index < -0.39 is 6.10 Å². The van der Waals surface area contributed by atoms with Crippen molar-refractivity contribution >= 4 is 21.7 Å². The van der Waals surface area contributed by atoms with Crippen LogP contribution < -0.4 is 0 Å². The Balaban J connectivity index is 2.03. The molecule has 2 nitrogen and oxygen atoms in total. The van der Waals surface area contributed by atoms with Crippen molar-refractivity contribution in [3.8, 4) is 0 Å². The Bertz CT molecular complexity index is 851. The Morgan fingerprint density at radius 2 is 1.90 bits per heavy atom. The van der Waals surface area contributed by atoms with Gasteiger partial charge < -0.3 is 5.11 Å². The highest BCUT2D eigenvalue weighted by atomic mass is 16.3. The van der Waals surface area contributed by atoms with E-state index in [2.05, 4.69) is 56.3 Å². The number of benzene rings is 2. The maximum absolute atomic E-state index is 10.5. The molecule has 0 radical (unpaired) electrons. The third-order valence-corrected chi connectivity index (χ3v) is 4.59. The number of aromatic nitrogens is 1. The maximum atomic E-state index is 10.5. The van der Waals surface area contributed by atoms with Crippen molar-refractivity contribution in [1.82, 2.24) is 4.98 Å². The molecular formula is C19H19NO. The molecule has 106 valence electrons. The van der Waals surface area contributed by atoms with E-state index in [1.165, 1.54) is 10.8 Å². The monoisotopic (exact) mass is 277 g/mol. The Kier molecular flexibility index (Phi) is 2.61. The van der Waals surface area contributed by atoms with Crippen LogP contribution in [-0.2, 0) is 6.42 Å². The summed E-state index contributed by atoms with van der Waals surface area (Å²) in [5.74, 6) is 0. The summed E-state index contributed by atoms with van der Waals surface area (Å²) >= 11 is 0. The zero-order valence-electron chi connectivity index (χ0n) is 12.4. The van der Waals surface area contributed by atoms with E-state index in [1.54, 1.807) is 0 Å². The zero-order valence-corrected chi connectivity index (χ0v) is 12.4. The van der Waals surface area contributed by atoms with Crippen LogP contribution in [0, 0.1) is 5.41 Å². The summed E-state index contributed by atoms with van der Waals surface area (Å²) in [6.45, 7) is 4.40. The lowest BCUT2D eigenvalue weighted by Crippen LogP contribution is -2.26. The van der Waals surface area contributed by atoms with Crippen molar-refractivity contribution in [3.05, 3.63) is 53.7 Å². The normalized spacial score (nSPS) is 20.6. The summed E-state index contributed by atoms with van der Waals surface area (Å²) in [6, 6.07) is 14.7. The van der Waals surface area contributed by atoms with Gasteiger partial charge in [0.25, 0.3) is 0 Å². The van der Waals surface area contributed by atoms with Crippen molar-refractivity contribution < 1.29 is 5.11 Å². The summed E-state index contributed by atoms with van der Waals surface area (Å²) in [5, 5.41) is 14.1. The summed E-state index contributed by atoms with van der Waals surface area (Å²) in [4.78, 5) is 4.85. The summed E-state index contributed by atoms with van der Waals surface area (Å²) in [5.41, 5.74) is 3.21. The number of fused-ring (bicyclic) bond motifs is 4. The molecule has 1 heterocycles. The molecule has 0 saturated carbocycles. The second-order valence-electron chi connectivity index (χ2n) is 6.94. The van der Waals surface area contributed by atoms with Crippen molar-refractivity contribution in [2.75, 3.05) is 0 Å². The van der Waals surface area contributed by atoms with E-state index in [1.807, 2.05) is 0 Å². The predicted molar refractivity (Wildman–Crippen MR) is 86.3 cm³/mol. The highest BCUT2D eigenvalue weighted by Crippen LogP contribution is 2.41. The van der Waals surface area contributed by atoms with E-state index in [0.29, 0.717) is 0 Å². The fraction of sp³-hybridized carbons (Fsp3) is 0.316. The summed E-state index contributed by atoms with van der Waals surface area (Å²) < 4.78 is 0. The molecule has 2 heteroatoms. The van der Waals surface area contributed by atoms with Gasteiger partial charge in [0.05, 0.1) is 11.6 Å². The molecule has 1 atom stereocenters. The zero-order chi connectivity index (χ0) is 14.6. The van der Waals surface area contributed by atoms with E-state index >= 15 is 0 Å². The van der Waals surface area contributed by atoms with Crippen molar-refractivity contribution in [2.24, 2.45) is 5.41 Å². The second kappa shape index (κ2) is 4.28. The third-order valence-electron chi connectivity index (χ3n) is 4.59. The molecule has 0 saturated heterocycles. The topological polar surface area (TPSA) is 33.1 Å². The minimum Gasteiger partial charge on any atom is -0.388 e. The molecular weight excluding hydrogens is 258 g/mol. The van der Waals surface area contributed by atoms with Crippen molar-refractivity contribution in [1.29, 1.82) is 0 Å². The van der Waals surface area contributed by atoms with Crippen LogP contribution in [0.4, 0.5) is 0 Å². The molecule has 0 amide bonds. The number of hydrogen-bond donors (Lipinski definition) is 1. The maximum Gasteiger partial charge on any atom is 0.0813 e. The fourth-order valence-electron chi connectivity index (χ4n) is 3.57. The van der Waals surface area contributed by atoms with Crippen LogP contribution in [0.15, 0.2) is 42.5 Å². The molecule has 1 unspecified atom stereocenters. The molecule has 21 heavy (non-hydrogen) atoms. The van der Waals surface area contributed by atoms with Crippen LogP contribution in [-0.4, -0.2) is 10.1 Å². The minimum absolute atomic E-state index is 0.115. The largest absolute Gasteiger partial charge is 0.388 e. The Labute approximate surface area is 124 Å². The van der Waals surface area contributed by atoms with Crippen LogP contribution in [0.1, 0.15) is 37.6 Å². The molecule has 1 aliphatic rings. The lowest BCUT2D eigenvalue weighted by atomic mass is 9.74. The first kappa shape index (κ1) is 12.8. The molecule has 3 aromatic rings. The molecule has 2 aromatic carbocycles. The highest BCUT2D eigenvalue weighted by molar-refractivity contribution is 6.06. The van der Waals surface area contributed by atoms with Crippen LogP contribution in [0.3, 0.4) is 0 Å². The molecule has 1 aliphatic carbocycles. The second-order valence-corrected chi connectivity index (χ2v) is 6.94. The lowest BCUT2D eigenvalue weighted by molar-refractivity contribution is 0.0985. The first-order chi connectivity index (χ1) is 10.0. The van der Waals surface area contributed by atoms with Crippen LogP contribution >= 0.6 is 0 Å². The van der Waals surface area contributed by atoms with E-state index in [0.717, 1.165) is 35.0 Å². The standard InChI is InChI=1S/C19H19NO/c1-19(2)10-17-15(18(21)11-19)9-14-13-6-4-3-5-12(13)7-8-16(14)20-17/h3-9,18,21H,10-11H2,1-2H3. The van der Waals surface area contributed by atoms with Gasteiger partial charge in [-0.2, -0.15) is 0 Å². The fourth-order valence-corrected chi connectivity index (χ4v) is 3.57. The van der Waals surface area contributed by atoms with Crippen LogP contribution in [0.5, 0.6) is 0 Å². The Morgan fingerprint density at radius 1 is 1.10 bits per heavy atom. The number of aliphatic hydroxyl groups is 1. The first-order valence-corrected chi connectivity index (χ1v) is 7.53. The number of pyridine rings is 1. The third kappa shape index (κ3) is 2.02. The molecule has 0 aliphatic heterocycles. The van der Waals surface area contributed by atoms with Gasteiger partial charge in [-0.15, -0.1) is 0 Å². The number of rotatable bonds is 0. The average molecular weight is 277 g/mol. The summed E-state index contributed by atoms with van der Waals surface area (Å²) in [6.07, 6.45) is 1.33. The van der Waals surface area contributed by atoms with E-state index in [9.17, 15) is 5.11 Å². The van der Waals surface area contributed by atoms with Gasteiger partial charge in [0.1, 0.15) is 0 Å². The molecule has 1 aromatic heterocycles. The predicted octanol–water partition coefficient (Wildman–Crippen LogP) is 4.39. The SMILES string of the molecule is CC1(C)Cc2nc3ccc4ccccc4c3cc2C(O)C1. The van der Waals surface area contributed by atoms with Gasteiger partial charge in [-0.1, -0.05) is 44.2 Å². The smallest absolute Gasteiger partial charge is 0.0813 e. The highest BCUT2D eigenvalue weighted by Gasteiger charge is 2.32. The summed E-state index contributed by atoms with van der Waals surface area (Å²) in [7, 11) is 0. The molecule has 1 N–H and O–H groups in total. The lowest BCUT2D eigenvalue weighted by Gasteiger charge is -2.34. The number of nitrogens with zero attached hydrogens (tertiary/aromatic N) is 1. The van der Waals surface area contributed by atoms with Crippen molar-refractivity contribution in [2.45, 2.75) is 32.8 Å². The van der Waals surface area contributed by atoms with Gasteiger partial charge in [-0.3, -0.25) is 4.98 Å². The van der Waals surface area contributed by atoms with Gasteiger partial charge in [-0.25, -0.2) is 0 Å². The van der Waals surface area contributed by atoms with Crippen molar-refractivity contribution in [3.63, 3.8) is 0 Å².